The predicted octanol–water partition coefficient (Wildman–Crippen LogP) is 3.31. The summed E-state index contributed by atoms with van der Waals surface area (Å²) >= 11 is 1.32. The van der Waals surface area contributed by atoms with E-state index in [2.05, 4.69) is 4.98 Å². The van der Waals surface area contributed by atoms with Crippen molar-refractivity contribution in [2.24, 2.45) is 0 Å². The molecule has 1 atom stereocenters. The lowest BCUT2D eigenvalue weighted by molar-refractivity contribution is 0.203. The molecule has 0 aliphatic carbocycles. The Bertz CT molecular complexity index is 507. The van der Waals surface area contributed by atoms with Crippen LogP contribution in [0.15, 0.2) is 24.4 Å². The van der Waals surface area contributed by atoms with Gasteiger partial charge in [-0.3, -0.25) is 0 Å². The maximum absolute atomic E-state index is 13.6. The second kappa shape index (κ2) is 4.31. The zero-order chi connectivity index (χ0) is 11.7. The molecule has 1 N–H and O–H groups in total. The molecule has 2 nitrogen and oxygen atoms in total. The van der Waals surface area contributed by atoms with E-state index in [1.807, 2.05) is 6.92 Å². The second-order valence-corrected chi connectivity index (χ2v) is 4.79. The van der Waals surface area contributed by atoms with Gasteiger partial charge in [-0.25, -0.2) is 9.37 Å². The van der Waals surface area contributed by atoms with Crippen molar-refractivity contribution in [3.63, 3.8) is 0 Å². The Balaban J connectivity index is 2.46. The fourth-order valence-electron chi connectivity index (χ4n) is 1.41. The van der Waals surface area contributed by atoms with Gasteiger partial charge in [-0.15, -0.1) is 11.3 Å². The van der Waals surface area contributed by atoms with Gasteiger partial charge < -0.3 is 5.11 Å². The topological polar surface area (TPSA) is 33.1 Å². The van der Waals surface area contributed by atoms with E-state index >= 15 is 0 Å². The quantitative estimate of drug-likeness (QED) is 0.869. The molecule has 0 radical (unpaired) electrons. The number of aliphatic hydroxyl groups is 1. The minimum Gasteiger partial charge on any atom is -0.388 e. The fraction of sp³-hybridized carbons (Fsp3) is 0.250. The molecule has 0 bridgehead atoms. The standard InChI is InChI=1S/C12H12FNOS/c1-7-3-4-10(13)9(5-7)12-14-6-11(16-12)8(2)15/h3-6,8,15H,1-2H3. The van der Waals surface area contributed by atoms with Gasteiger partial charge in [0, 0.05) is 11.8 Å². The van der Waals surface area contributed by atoms with Crippen LogP contribution in [0.4, 0.5) is 4.39 Å². The fourth-order valence-corrected chi connectivity index (χ4v) is 2.28. The first kappa shape index (κ1) is 11.2. The molecule has 0 spiro atoms. The number of thiazole rings is 1. The Hall–Kier alpha value is -1.26. The molecule has 16 heavy (non-hydrogen) atoms. The van der Waals surface area contributed by atoms with Gasteiger partial charge in [-0.05, 0) is 26.0 Å². The van der Waals surface area contributed by atoms with Gasteiger partial charge in [0.05, 0.1) is 11.0 Å². The maximum Gasteiger partial charge on any atom is 0.133 e. The SMILES string of the molecule is Cc1ccc(F)c(-c2ncc(C(C)O)s2)c1. The van der Waals surface area contributed by atoms with Crippen molar-refractivity contribution in [3.05, 3.63) is 40.7 Å². The molecule has 0 fully saturated rings. The summed E-state index contributed by atoms with van der Waals surface area (Å²) in [7, 11) is 0. The van der Waals surface area contributed by atoms with Gasteiger partial charge in [0.15, 0.2) is 0 Å². The van der Waals surface area contributed by atoms with Gasteiger partial charge in [0.25, 0.3) is 0 Å². The lowest BCUT2D eigenvalue weighted by atomic mass is 10.1. The summed E-state index contributed by atoms with van der Waals surface area (Å²) in [5.41, 5.74) is 1.49. The lowest BCUT2D eigenvalue weighted by Gasteiger charge is -2.00. The van der Waals surface area contributed by atoms with Crippen LogP contribution >= 0.6 is 11.3 Å². The highest BCUT2D eigenvalue weighted by Crippen LogP contribution is 2.30. The maximum atomic E-state index is 13.6. The molecule has 0 saturated heterocycles. The molecule has 84 valence electrons. The van der Waals surface area contributed by atoms with Crippen LogP contribution in [0.5, 0.6) is 0 Å². The first-order chi connectivity index (χ1) is 7.58. The predicted molar refractivity (Wildman–Crippen MR) is 62.9 cm³/mol. The van der Waals surface area contributed by atoms with Crippen LogP contribution in [-0.4, -0.2) is 10.1 Å². The van der Waals surface area contributed by atoms with E-state index in [0.717, 1.165) is 10.4 Å². The van der Waals surface area contributed by atoms with Crippen molar-refractivity contribution >= 4 is 11.3 Å². The highest BCUT2D eigenvalue weighted by atomic mass is 32.1. The Morgan fingerprint density at radius 2 is 2.19 bits per heavy atom. The van der Waals surface area contributed by atoms with Crippen molar-refractivity contribution in [1.29, 1.82) is 0 Å². The van der Waals surface area contributed by atoms with Crippen LogP contribution in [0.1, 0.15) is 23.5 Å². The molecule has 1 heterocycles. The van der Waals surface area contributed by atoms with Crippen LogP contribution in [0.2, 0.25) is 0 Å². The van der Waals surface area contributed by atoms with Gasteiger partial charge >= 0.3 is 0 Å². The highest BCUT2D eigenvalue weighted by Gasteiger charge is 2.12. The van der Waals surface area contributed by atoms with E-state index in [4.69, 9.17) is 0 Å². The largest absolute Gasteiger partial charge is 0.388 e. The van der Waals surface area contributed by atoms with E-state index in [9.17, 15) is 9.50 Å². The molecule has 0 saturated carbocycles. The summed E-state index contributed by atoms with van der Waals surface area (Å²) in [5, 5.41) is 9.99. The zero-order valence-electron chi connectivity index (χ0n) is 9.07. The van der Waals surface area contributed by atoms with Gasteiger partial charge in [0.2, 0.25) is 0 Å². The number of benzene rings is 1. The number of aryl methyl sites for hydroxylation is 1. The second-order valence-electron chi connectivity index (χ2n) is 3.73. The van der Waals surface area contributed by atoms with Crippen LogP contribution in [0.3, 0.4) is 0 Å². The summed E-state index contributed by atoms with van der Waals surface area (Å²) in [6.07, 6.45) is 1.03. The third kappa shape index (κ3) is 2.13. The highest BCUT2D eigenvalue weighted by molar-refractivity contribution is 7.15. The third-order valence-corrected chi connectivity index (χ3v) is 3.49. The zero-order valence-corrected chi connectivity index (χ0v) is 9.88. The normalized spacial score (nSPS) is 12.8. The average Bonchev–Trinajstić information content (AvgIpc) is 2.70. The Kier molecular flexibility index (Phi) is 3.03. The van der Waals surface area contributed by atoms with Gasteiger partial charge in [-0.1, -0.05) is 11.6 Å². The average molecular weight is 237 g/mol. The molecular formula is C12H12FNOS. The Morgan fingerprint density at radius 3 is 2.81 bits per heavy atom. The number of rotatable bonds is 2. The monoisotopic (exact) mass is 237 g/mol. The lowest BCUT2D eigenvalue weighted by Crippen LogP contribution is -1.84. The van der Waals surface area contributed by atoms with Crippen molar-refractivity contribution in [2.45, 2.75) is 20.0 Å². The van der Waals surface area contributed by atoms with E-state index < -0.39 is 6.10 Å². The molecule has 0 aliphatic rings. The number of halogens is 1. The molecule has 0 amide bonds. The summed E-state index contributed by atoms with van der Waals surface area (Å²) in [6, 6.07) is 4.93. The van der Waals surface area contributed by atoms with E-state index in [1.54, 1.807) is 25.3 Å². The van der Waals surface area contributed by atoms with Crippen LogP contribution in [0.25, 0.3) is 10.6 Å². The van der Waals surface area contributed by atoms with Crippen molar-refractivity contribution in [2.75, 3.05) is 0 Å². The number of hydrogen-bond acceptors (Lipinski definition) is 3. The van der Waals surface area contributed by atoms with E-state index in [0.29, 0.717) is 10.6 Å². The molecule has 2 rings (SSSR count). The van der Waals surface area contributed by atoms with Crippen LogP contribution < -0.4 is 0 Å². The molecule has 1 unspecified atom stereocenters. The Morgan fingerprint density at radius 1 is 1.44 bits per heavy atom. The van der Waals surface area contributed by atoms with Crippen molar-refractivity contribution in [3.8, 4) is 10.6 Å². The molecule has 0 aliphatic heterocycles. The molecule has 1 aromatic heterocycles. The van der Waals surface area contributed by atoms with Gasteiger partial charge in [0.1, 0.15) is 10.8 Å². The number of nitrogens with zero attached hydrogens (tertiary/aromatic N) is 1. The van der Waals surface area contributed by atoms with Crippen LogP contribution in [0, 0.1) is 12.7 Å². The van der Waals surface area contributed by atoms with E-state index in [-0.39, 0.29) is 5.82 Å². The van der Waals surface area contributed by atoms with Crippen molar-refractivity contribution < 1.29 is 9.50 Å². The minimum atomic E-state index is -0.556. The van der Waals surface area contributed by atoms with E-state index in [1.165, 1.54) is 17.4 Å². The Labute approximate surface area is 97.4 Å². The number of aromatic nitrogens is 1. The summed E-state index contributed by atoms with van der Waals surface area (Å²) in [5.74, 6) is -0.280. The molecule has 4 heteroatoms. The van der Waals surface area contributed by atoms with Crippen molar-refractivity contribution in [1.82, 2.24) is 4.98 Å². The minimum absolute atomic E-state index is 0.280. The first-order valence-electron chi connectivity index (χ1n) is 4.98. The molecular weight excluding hydrogens is 225 g/mol. The summed E-state index contributed by atoms with van der Waals surface area (Å²) in [4.78, 5) is 4.87. The number of hydrogen-bond donors (Lipinski definition) is 1. The first-order valence-corrected chi connectivity index (χ1v) is 5.80. The van der Waals surface area contributed by atoms with Gasteiger partial charge in [-0.2, -0.15) is 0 Å². The smallest absolute Gasteiger partial charge is 0.133 e. The molecule has 2 aromatic rings. The summed E-state index contributed by atoms with van der Waals surface area (Å²) < 4.78 is 13.6. The number of aliphatic hydroxyl groups excluding tert-OH is 1. The third-order valence-electron chi connectivity index (χ3n) is 2.29. The van der Waals surface area contributed by atoms with Crippen LogP contribution in [-0.2, 0) is 0 Å². The summed E-state index contributed by atoms with van der Waals surface area (Å²) in [6.45, 7) is 3.58. The molecule has 1 aromatic carbocycles.